The molecule has 1 aliphatic heterocycles. The van der Waals surface area contributed by atoms with Gasteiger partial charge in [-0.1, -0.05) is 41.4 Å². The van der Waals surface area contributed by atoms with Crippen LogP contribution < -0.4 is 16.4 Å². The Morgan fingerprint density at radius 3 is 2.57 bits per heavy atom. The maximum atomic E-state index is 12.1. The van der Waals surface area contributed by atoms with Gasteiger partial charge in [0.15, 0.2) is 0 Å². The molecule has 3 heterocycles. The van der Waals surface area contributed by atoms with Gasteiger partial charge in [-0.25, -0.2) is 14.8 Å². The second kappa shape index (κ2) is 7.43. The van der Waals surface area contributed by atoms with Crippen LogP contribution in [0.15, 0.2) is 47.5 Å². The number of allylic oxidation sites excluding steroid dienone is 1. The van der Waals surface area contributed by atoms with Gasteiger partial charge in [0.2, 0.25) is 0 Å². The van der Waals surface area contributed by atoms with Gasteiger partial charge in [-0.15, -0.1) is 11.3 Å². The fourth-order valence-corrected chi connectivity index (χ4v) is 4.45. The van der Waals surface area contributed by atoms with Crippen molar-refractivity contribution in [1.29, 1.82) is 0 Å². The Morgan fingerprint density at radius 2 is 1.86 bits per heavy atom. The molecule has 4 N–H and O–H groups in total. The number of carbonyl (C=O) groups excluding carboxylic acids is 1. The van der Waals surface area contributed by atoms with Crippen LogP contribution in [0.1, 0.15) is 23.5 Å². The number of anilines is 1. The summed E-state index contributed by atoms with van der Waals surface area (Å²) in [6.07, 6.45) is 0. The third-order valence-corrected chi connectivity index (χ3v) is 5.75. The van der Waals surface area contributed by atoms with Gasteiger partial charge >= 0.3 is 6.03 Å². The molecule has 28 heavy (non-hydrogen) atoms. The minimum atomic E-state index is -0.489. The van der Waals surface area contributed by atoms with Crippen LogP contribution in [0.5, 0.6) is 0 Å². The van der Waals surface area contributed by atoms with E-state index in [2.05, 4.69) is 15.6 Å². The number of benzene rings is 1. The number of rotatable bonds is 3. The number of aromatic nitrogens is 2. The van der Waals surface area contributed by atoms with E-state index in [4.69, 9.17) is 33.9 Å². The Morgan fingerprint density at radius 1 is 1.11 bits per heavy atom. The average molecular weight is 432 g/mol. The number of hydrogen-bond acceptors (Lipinski definition) is 5. The van der Waals surface area contributed by atoms with Gasteiger partial charge in [0.05, 0.1) is 11.7 Å². The summed E-state index contributed by atoms with van der Waals surface area (Å²) in [6, 6.07) is 10.1. The molecule has 1 atom stereocenters. The minimum Gasteiger partial charge on any atom is -0.399 e. The van der Waals surface area contributed by atoms with Crippen LogP contribution in [0.25, 0.3) is 16.8 Å². The summed E-state index contributed by atoms with van der Waals surface area (Å²) >= 11 is 13.7. The number of amides is 2. The predicted molar refractivity (Wildman–Crippen MR) is 113 cm³/mol. The molecule has 0 aliphatic carbocycles. The fraction of sp³-hybridized carbons (Fsp3) is 0.105. The zero-order chi connectivity index (χ0) is 19.8. The highest BCUT2D eigenvalue weighted by Crippen LogP contribution is 2.39. The first-order chi connectivity index (χ1) is 13.4. The molecule has 1 unspecified atom stereocenters. The third kappa shape index (κ3) is 3.56. The Kier molecular flexibility index (Phi) is 4.97. The van der Waals surface area contributed by atoms with E-state index in [1.54, 1.807) is 12.1 Å². The summed E-state index contributed by atoms with van der Waals surface area (Å²) in [5.41, 5.74) is 10.4. The van der Waals surface area contributed by atoms with Gasteiger partial charge in [0, 0.05) is 33.5 Å². The summed E-state index contributed by atoms with van der Waals surface area (Å²) in [6.45, 7) is 1.84. The molecule has 0 saturated carbocycles. The van der Waals surface area contributed by atoms with E-state index >= 15 is 0 Å². The molecule has 142 valence electrons. The van der Waals surface area contributed by atoms with Crippen molar-refractivity contribution in [3.8, 4) is 11.3 Å². The quantitative estimate of drug-likeness (QED) is 0.406. The number of halogens is 2. The molecular formula is C19H15Cl2N5OS. The fourth-order valence-electron chi connectivity index (χ4n) is 3.03. The topological polar surface area (TPSA) is 92.9 Å². The normalized spacial score (nSPS) is 16.7. The Labute approximate surface area is 175 Å². The van der Waals surface area contributed by atoms with Crippen molar-refractivity contribution < 1.29 is 4.79 Å². The second-order valence-corrected chi connectivity index (χ2v) is 7.85. The van der Waals surface area contributed by atoms with E-state index in [1.807, 2.05) is 36.6 Å². The number of hydrogen-bond donors (Lipinski definition) is 3. The first kappa shape index (κ1) is 18.7. The third-order valence-electron chi connectivity index (χ3n) is 4.36. The van der Waals surface area contributed by atoms with E-state index in [1.165, 1.54) is 11.3 Å². The maximum absolute atomic E-state index is 12.1. The van der Waals surface area contributed by atoms with E-state index in [0.29, 0.717) is 16.9 Å². The Balaban J connectivity index is 1.78. The zero-order valence-electron chi connectivity index (χ0n) is 14.7. The number of nitrogen functional groups attached to an aromatic ring is 1. The van der Waals surface area contributed by atoms with Crippen molar-refractivity contribution in [2.45, 2.75) is 13.0 Å². The largest absolute Gasteiger partial charge is 0.399 e. The first-order valence-corrected chi connectivity index (χ1v) is 9.98. The van der Waals surface area contributed by atoms with E-state index in [0.717, 1.165) is 21.8 Å². The van der Waals surface area contributed by atoms with Crippen molar-refractivity contribution in [2.24, 2.45) is 0 Å². The molecule has 0 saturated heterocycles. The van der Waals surface area contributed by atoms with Gasteiger partial charge in [-0.3, -0.25) is 0 Å². The molecule has 6 nitrogen and oxygen atoms in total. The standard InChI is InChI=1S/C19H15Cl2N5OS/c1-9-15(18-24-13(8-28-18)10-2-4-11(22)5-3-10)16(26-19(27)23-9)12-6-7-14(20)25-17(12)21/h2-8,16H,22H2,1H3,(H2,23,26,27). The van der Waals surface area contributed by atoms with E-state index in [-0.39, 0.29) is 16.3 Å². The van der Waals surface area contributed by atoms with Gasteiger partial charge < -0.3 is 16.4 Å². The van der Waals surface area contributed by atoms with E-state index < -0.39 is 6.04 Å². The lowest BCUT2D eigenvalue weighted by Gasteiger charge is -2.28. The maximum Gasteiger partial charge on any atom is 0.319 e. The van der Waals surface area contributed by atoms with Crippen LogP contribution in [0, 0.1) is 0 Å². The number of carbonyl (C=O) groups is 1. The van der Waals surface area contributed by atoms with Crippen molar-refractivity contribution in [1.82, 2.24) is 20.6 Å². The summed E-state index contributed by atoms with van der Waals surface area (Å²) in [5.74, 6) is 0. The molecular weight excluding hydrogens is 417 g/mol. The lowest BCUT2D eigenvalue weighted by Crippen LogP contribution is -2.43. The number of thiazole rings is 1. The molecule has 0 bridgehead atoms. The predicted octanol–water partition coefficient (Wildman–Crippen LogP) is 4.88. The number of nitrogens with two attached hydrogens (primary N) is 1. The van der Waals surface area contributed by atoms with Crippen LogP contribution in [0.4, 0.5) is 10.5 Å². The monoisotopic (exact) mass is 431 g/mol. The summed E-state index contributed by atoms with van der Waals surface area (Å²) in [5, 5.41) is 8.97. The van der Waals surface area contributed by atoms with Crippen molar-refractivity contribution >= 4 is 51.8 Å². The number of nitrogens with zero attached hydrogens (tertiary/aromatic N) is 2. The van der Waals surface area contributed by atoms with Gasteiger partial charge in [-0.05, 0) is 25.1 Å². The van der Waals surface area contributed by atoms with Crippen molar-refractivity contribution in [3.63, 3.8) is 0 Å². The minimum absolute atomic E-state index is 0.236. The second-order valence-electron chi connectivity index (χ2n) is 6.24. The summed E-state index contributed by atoms with van der Waals surface area (Å²) < 4.78 is 0. The Bertz CT molecular complexity index is 1090. The molecule has 0 spiro atoms. The van der Waals surface area contributed by atoms with Crippen LogP contribution in [0.2, 0.25) is 10.3 Å². The molecule has 9 heteroatoms. The first-order valence-electron chi connectivity index (χ1n) is 8.34. The van der Waals surface area contributed by atoms with Crippen LogP contribution in [0.3, 0.4) is 0 Å². The van der Waals surface area contributed by atoms with Crippen molar-refractivity contribution in [3.05, 3.63) is 68.4 Å². The molecule has 0 radical (unpaired) electrons. The number of nitrogens with one attached hydrogen (secondary N) is 2. The molecule has 2 aromatic heterocycles. The highest BCUT2D eigenvalue weighted by molar-refractivity contribution is 7.11. The summed E-state index contributed by atoms with van der Waals surface area (Å²) in [7, 11) is 0. The van der Waals surface area contributed by atoms with Crippen LogP contribution >= 0.6 is 34.5 Å². The van der Waals surface area contributed by atoms with Crippen molar-refractivity contribution in [2.75, 3.05) is 5.73 Å². The smallest absolute Gasteiger partial charge is 0.319 e. The summed E-state index contributed by atoms with van der Waals surface area (Å²) in [4.78, 5) is 21.0. The molecule has 2 amide bonds. The number of urea groups is 1. The number of pyridine rings is 1. The average Bonchev–Trinajstić information content (AvgIpc) is 3.11. The van der Waals surface area contributed by atoms with E-state index in [9.17, 15) is 4.79 Å². The van der Waals surface area contributed by atoms with Gasteiger partial charge in [0.1, 0.15) is 15.3 Å². The molecule has 1 aliphatic rings. The lowest BCUT2D eigenvalue weighted by molar-refractivity contribution is 0.240. The van der Waals surface area contributed by atoms with Gasteiger partial charge in [-0.2, -0.15) is 0 Å². The molecule has 4 rings (SSSR count). The zero-order valence-corrected chi connectivity index (χ0v) is 17.0. The highest BCUT2D eigenvalue weighted by atomic mass is 35.5. The van der Waals surface area contributed by atoms with Crippen LogP contribution in [-0.2, 0) is 0 Å². The molecule has 3 aromatic rings. The Hall–Kier alpha value is -2.61. The van der Waals surface area contributed by atoms with Crippen LogP contribution in [-0.4, -0.2) is 16.0 Å². The lowest BCUT2D eigenvalue weighted by atomic mass is 9.97. The SMILES string of the molecule is CC1=C(c2nc(-c3ccc(N)cc3)cs2)C(c2ccc(Cl)nc2Cl)NC(=O)N1. The molecule has 1 aromatic carbocycles. The van der Waals surface area contributed by atoms with Gasteiger partial charge in [0.25, 0.3) is 0 Å². The highest BCUT2D eigenvalue weighted by Gasteiger charge is 2.31. The molecule has 0 fully saturated rings.